The Morgan fingerprint density at radius 3 is 2.00 bits per heavy atom. The number of carbonyl (C=O) groups is 1. The topological polar surface area (TPSA) is 92.6 Å². The Labute approximate surface area is 58.6 Å². The van der Waals surface area contributed by atoms with Crippen molar-refractivity contribution >= 4 is 6.09 Å². The molecule has 0 saturated carbocycles. The third kappa shape index (κ3) is 1.19. The van der Waals surface area contributed by atoms with Crippen molar-refractivity contribution in [1.82, 2.24) is 4.90 Å². The predicted molar refractivity (Wildman–Crippen MR) is 35.5 cm³/mol. The molecule has 1 amide bonds. The Bertz CT molecular complexity index is 140. The van der Waals surface area contributed by atoms with Gasteiger partial charge >= 0.3 is 6.09 Å². The highest BCUT2D eigenvalue weighted by Gasteiger charge is 2.29. The molecule has 0 aromatic rings. The number of hydrogen-bond donors (Lipinski definition) is 3. The van der Waals surface area contributed by atoms with E-state index in [1.165, 1.54) is 4.90 Å². The van der Waals surface area contributed by atoms with Crippen molar-refractivity contribution in [1.29, 1.82) is 0 Å². The van der Waals surface area contributed by atoms with Crippen LogP contribution < -0.4 is 11.5 Å². The van der Waals surface area contributed by atoms with E-state index < -0.39 is 6.09 Å². The minimum absolute atomic E-state index is 0.198. The van der Waals surface area contributed by atoms with E-state index in [4.69, 9.17) is 16.6 Å². The molecule has 0 bridgehead atoms. The molecule has 1 fully saturated rings. The third-order valence-electron chi connectivity index (χ3n) is 1.68. The summed E-state index contributed by atoms with van der Waals surface area (Å²) in [6.45, 7) is 0.715. The Kier molecular flexibility index (Phi) is 1.78. The van der Waals surface area contributed by atoms with Gasteiger partial charge in [-0.1, -0.05) is 0 Å². The first-order chi connectivity index (χ1) is 4.61. The summed E-state index contributed by atoms with van der Waals surface area (Å²) in [5.74, 6) is 0. The summed E-state index contributed by atoms with van der Waals surface area (Å²) < 4.78 is 0. The van der Waals surface area contributed by atoms with Crippen LogP contribution in [0, 0.1) is 0 Å². The molecule has 0 aliphatic carbocycles. The van der Waals surface area contributed by atoms with E-state index in [9.17, 15) is 4.79 Å². The Morgan fingerprint density at radius 1 is 1.40 bits per heavy atom. The van der Waals surface area contributed by atoms with Gasteiger partial charge in [0.05, 0.1) is 0 Å². The highest BCUT2D eigenvalue weighted by Crippen LogP contribution is 2.05. The fraction of sp³-hybridized carbons (Fsp3) is 0.800. The zero-order valence-electron chi connectivity index (χ0n) is 5.53. The van der Waals surface area contributed by atoms with Gasteiger partial charge in [-0.25, -0.2) is 4.79 Å². The molecule has 1 aliphatic heterocycles. The maximum absolute atomic E-state index is 10.3. The van der Waals surface area contributed by atoms with Crippen LogP contribution in [0.3, 0.4) is 0 Å². The minimum atomic E-state index is -0.941. The van der Waals surface area contributed by atoms with Crippen molar-refractivity contribution in [3.05, 3.63) is 0 Å². The fourth-order valence-corrected chi connectivity index (χ4v) is 1.01. The van der Waals surface area contributed by atoms with Gasteiger partial charge in [0.1, 0.15) is 0 Å². The lowest BCUT2D eigenvalue weighted by molar-refractivity contribution is 0.154. The van der Waals surface area contributed by atoms with Crippen molar-refractivity contribution in [2.24, 2.45) is 11.5 Å². The van der Waals surface area contributed by atoms with E-state index in [0.717, 1.165) is 0 Å². The molecule has 10 heavy (non-hydrogen) atoms. The summed E-state index contributed by atoms with van der Waals surface area (Å²) in [6, 6.07) is -0.396. The zero-order chi connectivity index (χ0) is 7.72. The van der Waals surface area contributed by atoms with Crippen LogP contribution in [0.1, 0.15) is 0 Å². The van der Waals surface area contributed by atoms with Crippen molar-refractivity contribution in [2.75, 3.05) is 13.1 Å². The van der Waals surface area contributed by atoms with Crippen molar-refractivity contribution in [2.45, 2.75) is 12.1 Å². The molecule has 1 rings (SSSR count). The van der Waals surface area contributed by atoms with Crippen LogP contribution >= 0.6 is 0 Å². The molecule has 58 valence electrons. The second-order valence-corrected chi connectivity index (χ2v) is 2.52. The quantitative estimate of drug-likeness (QED) is 0.392. The maximum atomic E-state index is 10.3. The van der Waals surface area contributed by atoms with Crippen molar-refractivity contribution in [3.8, 4) is 0 Å². The first-order valence-electron chi connectivity index (χ1n) is 3.10. The SMILES string of the molecule is N[C@H]1CN(C(=O)O)C[C@@H]1N. The summed E-state index contributed by atoms with van der Waals surface area (Å²) in [6.07, 6.45) is -0.941. The average Bonchev–Trinajstić information content (AvgIpc) is 2.13. The fourth-order valence-electron chi connectivity index (χ4n) is 1.01. The molecular formula is C5H11N3O2. The molecule has 5 heteroatoms. The van der Waals surface area contributed by atoms with Gasteiger partial charge in [-0.05, 0) is 0 Å². The van der Waals surface area contributed by atoms with Gasteiger partial charge in [0.2, 0.25) is 0 Å². The number of likely N-dealkylation sites (tertiary alicyclic amines) is 1. The molecule has 0 unspecified atom stereocenters. The van der Waals surface area contributed by atoms with Gasteiger partial charge in [0, 0.05) is 25.2 Å². The highest BCUT2D eigenvalue weighted by molar-refractivity contribution is 5.65. The van der Waals surface area contributed by atoms with Gasteiger partial charge in [0.15, 0.2) is 0 Å². The van der Waals surface area contributed by atoms with Crippen molar-refractivity contribution < 1.29 is 9.90 Å². The second kappa shape index (κ2) is 2.43. The molecule has 0 aromatic carbocycles. The predicted octanol–water partition coefficient (Wildman–Crippen LogP) is -1.37. The third-order valence-corrected chi connectivity index (χ3v) is 1.68. The van der Waals surface area contributed by atoms with Gasteiger partial charge in [-0.3, -0.25) is 0 Å². The van der Waals surface area contributed by atoms with E-state index in [1.54, 1.807) is 0 Å². The van der Waals surface area contributed by atoms with E-state index in [0.29, 0.717) is 13.1 Å². The molecule has 0 radical (unpaired) electrons. The first-order valence-corrected chi connectivity index (χ1v) is 3.10. The van der Waals surface area contributed by atoms with Crippen molar-refractivity contribution in [3.63, 3.8) is 0 Å². The van der Waals surface area contributed by atoms with Crippen LogP contribution in [0.15, 0.2) is 0 Å². The van der Waals surface area contributed by atoms with Crippen LogP contribution in [-0.2, 0) is 0 Å². The summed E-state index contributed by atoms with van der Waals surface area (Å²) in [5.41, 5.74) is 11.0. The van der Waals surface area contributed by atoms with Crippen LogP contribution in [0.4, 0.5) is 4.79 Å². The smallest absolute Gasteiger partial charge is 0.407 e. The number of nitrogens with two attached hydrogens (primary N) is 2. The summed E-state index contributed by atoms with van der Waals surface area (Å²) in [7, 11) is 0. The maximum Gasteiger partial charge on any atom is 0.407 e. The summed E-state index contributed by atoms with van der Waals surface area (Å²) >= 11 is 0. The van der Waals surface area contributed by atoms with E-state index in [1.807, 2.05) is 0 Å². The van der Waals surface area contributed by atoms with Crippen LogP contribution in [0.2, 0.25) is 0 Å². The second-order valence-electron chi connectivity index (χ2n) is 2.52. The standard InChI is InChI=1S/C5H11N3O2/c6-3-1-8(5(9)10)2-4(3)7/h3-4H,1-2,6-7H2,(H,9,10)/t3-,4-/m0/s1. The minimum Gasteiger partial charge on any atom is -0.465 e. The summed E-state index contributed by atoms with van der Waals surface area (Å²) in [5, 5.41) is 8.46. The molecule has 0 aromatic heterocycles. The molecule has 1 aliphatic rings. The van der Waals surface area contributed by atoms with Gasteiger partial charge in [0.25, 0.3) is 0 Å². The molecular weight excluding hydrogens is 134 g/mol. The number of nitrogens with zero attached hydrogens (tertiary/aromatic N) is 1. The molecule has 2 atom stereocenters. The molecule has 1 saturated heterocycles. The molecule has 1 heterocycles. The highest BCUT2D eigenvalue weighted by atomic mass is 16.4. The van der Waals surface area contributed by atoms with Crippen LogP contribution in [0.5, 0.6) is 0 Å². The van der Waals surface area contributed by atoms with Gasteiger partial charge in [-0.2, -0.15) is 0 Å². The lowest BCUT2D eigenvalue weighted by Crippen LogP contribution is -2.39. The number of rotatable bonds is 0. The van der Waals surface area contributed by atoms with Gasteiger partial charge < -0.3 is 21.5 Å². The number of hydrogen-bond acceptors (Lipinski definition) is 3. The lowest BCUT2D eigenvalue weighted by Gasteiger charge is -2.08. The average molecular weight is 145 g/mol. The Balaban J connectivity index is 2.49. The Morgan fingerprint density at radius 2 is 1.80 bits per heavy atom. The monoisotopic (exact) mass is 145 g/mol. The van der Waals surface area contributed by atoms with Crippen LogP contribution in [-0.4, -0.2) is 41.3 Å². The normalized spacial score (nSPS) is 32.8. The van der Waals surface area contributed by atoms with E-state index in [-0.39, 0.29) is 12.1 Å². The molecule has 5 N–H and O–H groups in total. The van der Waals surface area contributed by atoms with E-state index in [2.05, 4.69) is 0 Å². The Hall–Kier alpha value is -0.810. The van der Waals surface area contributed by atoms with Crippen LogP contribution in [0.25, 0.3) is 0 Å². The summed E-state index contributed by atoms with van der Waals surface area (Å²) in [4.78, 5) is 11.5. The lowest BCUT2D eigenvalue weighted by atomic mass is 10.2. The van der Waals surface area contributed by atoms with E-state index >= 15 is 0 Å². The van der Waals surface area contributed by atoms with Gasteiger partial charge in [-0.15, -0.1) is 0 Å². The first kappa shape index (κ1) is 7.30. The largest absolute Gasteiger partial charge is 0.465 e. The molecule has 0 spiro atoms. The number of amides is 1. The number of carboxylic acid groups (broad SMARTS) is 1. The zero-order valence-corrected chi connectivity index (χ0v) is 5.53. The molecule has 5 nitrogen and oxygen atoms in total.